The normalized spacial score (nSPS) is 10.6. The summed E-state index contributed by atoms with van der Waals surface area (Å²) in [5, 5.41) is 0. The fraction of sp³-hybridized carbons (Fsp3) is 0.294. The molecule has 19 heavy (non-hydrogen) atoms. The monoisotopic (exact) mass is 254 g/mol. The molecule has 0 spiro atoms. The summed E-state index contributed by atoms with van der Waals surface area (Å²) < 4.78 is 0. The van der Waals surface area contributed by atoms with Crippen LogP contribution in [0.4, 0.5) is 11.4 Å². The van der Waals surface area contributed by atoms with E-state index in [1.165, 1.54) is 33.6 Å². The van der Waals surface area contributed by atoms with E-state index in [1.807, 2.05) is 0 Å². The number of aryl methyl sites for hydroxylation is 3. The number of benzene rings is 2. The van der Waals surface area contributed by atoms with E-state index in [0.717, 1.165) is 0 Å². The first-order chi connectivity index (χ1) is 9.02. The summed E-state index contributed by atoms with van der Waals surface area (Å²) in [6.45, 7) is 6.94. The molecule has 2 aromatic carbocycles. The van der Waals surface area contributed by atoms with Crippen LogP contribution in [0.3, 0.4) is 0 Å². The highest BCUT2D eigenvalue weighted by Crippen LogP contribution is 2.30. The quantitative estimate of drug-likeness (QED) is 0.901. The summed E-state index contributed by atoms with van der Waals surface area (Å²) in [6.07, 6.45) is 0. The summed E-state index contributed by atoms with van der Waals surface area (Å²) >= 11 is 0. The van der Waals surface area contributed by atoms with Crippen LogP contribution in [-0.4, -0.2) is 7.05 Å². The van der Waals surface area contributed by atoms with Gasteiger partial charge < -0.3 is 10.6 Å². The van der Waals surface area contributed by atoms with E-state index in [2.05, 4.69) is 69.1 Å². The van der Waals surface area contributed by atoms with Crippen LogP contribution in [0.5, 0.6) is 0 Å². The van der Waals surface area contributed by atoms with Gasteiger partial charge in [0.25, 0.3) is 0 Å². The van der Waals surface area contributed by atoms with Crippen molar-refractivity contribution in [3.63, 3.8) is 0 Å². The zero-order valence-corrected chi connectivity index (χ0v) is 12.2. The third-order valence-corrected chi connectivity index (χ3v) is 3.54. The largest absolute Gasteiger partial charge is 0.344 e. The third kappa shape index (κ3) is 2.79. The van der Waals surface area contributed by atoms with Crippen molar-refractivity contribution in [3.05, 3.63) is 58.7 Å². The molecule has 0 aromatic heterocycles. The first kappa shape index (κ1) is 13.6. The maximum absolute atomic E-state index is 5.85. The van der Waals surface area contributed by atoms with Gasteiger partial charge in [-0.15, -0.1) is 0 Å². The van der Waals surface area contributed by atoms with E-state index >= 15 is 0 Å². The van der Waals surface area contributed by atoms with Crippen LogP contribution in [0, 0.1) is 20.8 Å². The lowest BCUT2D eigenvalue weighted by Crippen LogP contribution is -2.14. The molecule has 0 aliphatic heterocycles. The average molecular weight is 254 g/mol. The number of nitrogens with zero attached hydrogens (tertiary/aromatic N) is 1. The first-order valence-corrected chi connectivity index (χ1v) is 6.63. The van der Waals surface area contributed by atoms with Crippen molar-refractivity contribution in [1.82, 2.24) is 0 Å². The second kappa shape index (κ2) is 5.45. The van der Waals surface area contributed by atoms with Crippen LogP contribution in [-0.2, 0) is 6.54 Å². The van der Waals surface area contributed by atoms with Gasteiger partial charge in [-0.1, -0.05) is 29.8 Å². The van der Waals surface area contributed by atoms with Crippen molar-refractivity contribution >= 4 is 11.4 Å². The molecule has 0 radical (unpaired) electrons. The zero-order valence-electron chi connectivity index (χ0n) is 12.2. The highest BCUT2D eigenvalue weighted by Gasteiger charge is 2.11. The van der Waals surface area contributed by atoms with Crippen molar-refractivity contribution in [2.75, 3.05) is 11.9 Å². The molecule has 2 heteroatoms. The minimum Gasteiger partial charge on any atom is -0.344 e. The number of hydrogen-bond donors (Lipinski definition) is 1. The molecule has 0 saturated carbocycles. The topological polar surface area (TPSA) is 29.3 Å². The number of nitrogens with two attached hydrogens (primary N) is 1. The highest BCUT2D eigenvalue weighted by atomic mass is 15.1. The lowest BCUT2D eigenvalue weighted by molar-refractivity contribution is 1.04. The molecular formula is C17H22N2. The Bertz CT molecular complexity index is 588. The van der Waals surface area contributed by atoms with Crippen molar-refractivity contribution in [2.24, 2.45) is 5.73 Å². The van der Waals surface area contributed by atoms with Gasteiger partial charge in [-0.2, -0.15) is 0 Å². The van der Waals surface area contributed by atoms with Gasteiger partial charge in [-0.25, -0.2) is 0 Å². The molecule has 2 rings (SSSR count). The van der Waals surface area contributed by atoms with Gasteiger partial charge in [0.15, 0.2) is 0 Å². The lowest BCUT2D eigenvalue weighted by Gasteiger charge is -2.25. The van der Waals surface area contributed by atoms with Crippen LogP contribution in [0.1, 0.15) is 22.3 Å². The fourth-order valence-corrected chi connectivity index (χ4v) is 2.47. The minimum absolute atomic E-state index is 0.560. The van der Waals surface area contributed by atoms with Crippen LogP contribution >= 0.6 is 0 Å². The number of anilines is 2. The summed E-state index contributed by atoms with van der Waals surface area (Å²) in [5.41, 5.74) is 13.3. The maximum atomic E-state index is 5.85. The van der Waals surface area contributed by atoms with E-state index < -0.39 is 0 Å². The Morgan fingerprint density at radius 1 is 0.895 bits per heavy atom. The summed E-state index contributed by atoms with van der Waals surface area (Å²) in [6, 6.07) is 13.0. The molecule has 2 aromatic rings. The van der Waals surface area contributed by atoms with Gasteiger partial charge >= 0.3 is 0 Å². The van der Waals surface area contributed by atoms with Gasteiger partial charge in [0, 0.05) is 25.0 Å². The van der Waals surface area contributed by atoms with Gasteiger partial charge in [-0.3, -0.25) is 0 Å². The SMILES string of the molecule is Cc1ccc(N(C)c2cc(C)ccc2CN)c(C)c1. The molecule has 0 fully saturated rings. The Balaban J connectivity index is 2.49. The molecule has 2 nitrogen and oxygen atoms in total. The fourth-order valence-electron chi connectivity index (χ4n) is 2.47. The van der Waals surface area contributed by atoms with Crippen LogP contribution in [0.15, 0.2) is 36.4 Å². The Labute approximate surface area is 115 Å². The smallest absolute Gasteiger partial charge is 0.0456 e. The predicted molar refractivity (Wildman–Crippen MR) is 83.0 cm³/mol. The van der Waals surface area contributed by atoms with E-state index in [0.29, 0.717) is 6.54 Å². The second-order valence-corrected chi connectivity index (χ2v) is 5.19. The summed E-state index contributed by atoms with van der Waals surface area (Å²) in [4.78, 5) is 2.23. The van der Waals surface area contributed by atoms with Gasteiger partial charge in [-0.05, 0) is 49.6 Å². The molecule has 0 atom stereocenters. The molecule has 0 unspecified atom stereocenters. The summed E-state index contributed by atoms with van der Waals surface area (Å²) in [7, 11) is 2.10. The molecule has 0 aliphatic carbocycles. The van der Waals surface area contributed by atoms with E-state index in [-0.39, 0.29) is 0 Å². The summed E-state index contributed by atoms with van der Waals surface area (Å²) in [5.74, 6) is 0. The van der Waals surface area contributed by atoms with Crippen LogP contribution in [0.25, 0.3) is 0 Å². The predicted octanol–water partition coefficient (Wildman–Crippen LogP) is 3.84. The molecule has 100 valence electrons. The molecule has 0 bridgehead atoms. The van der Waals surface area contributed by atoms with E-state index in [4.69, 9.17) is 5.73 Å². The van der Waals surface area contributed by atoms with Crippen molar-refractivity contribution < 1.29 is 0 Å². The molecule has 0 heterocycles. The Morgan fingerprint density at radius 2 is 1.53 bits per heavy atom. The zero-order chi connectivity index (χ0) is 14.0. The molecule has 2 N–H and O–H groups in total. The molecule has 0 saturated heterocycles. The van der Waals surface area contributed by atoms with Gasteiger partial charge in [0.2, 0.25) is 0 Å². The number of rotatable bonds is 3. The highest BCUT2D eigenvalue weighted by molar-refractivity contribution is 5.69. The van der Waals surface area contributed by atoms with Crippen LogP contribution < -0.4 is 10.6 Å². The average Bonchev–Trinajstić information content (AvgIpc) is 2.38. The van der Waals surface area contributed by atoms with E-state index in [9.17, 15) is 0 Å². The van der Waals surface area contributed by atoms with Crippen molar-refractivity contribution in [3.8, 4) is 0 Å². The number of hydrogen-bond acceptors (Lipinski definition) is 2. The van der Waals surface area contributed by atoms with Crippen molar-refractivity contribution in [2.45, 2.75) is 27.3 Å². The van der Waals surface area contributed by atoms with Gasteiger partial charge in [0.05, 0.1) is 0 Å². The minimum atomic E-state index is 0.560. The van der Waals surface area contributed by atoms with Crippen molar-refractivity contribution in [1.29, 1.82) is 0 Å². The van der Waals surface area contributed by atoms with Crippen LogP contribution in [0.2, 0.25) is 0 Å². The Hall–Kier alpha value is -1.80. The van der Waals surface area contributed by atoms with E-state index in [1.54, 1.807) is 0 Å². The second-order valence-electron chi connectivity index (χ2n) is 5.19. The molecule has 0 amide bonds. The molecular weight excluding hydrogens is 232 g/mol. The Kier molecular flexibility index (Phi) is 3.91. The Morgan fingerprint density at radius 3 is 2.16 bits per heavy atom. The lowest BCUT2D eigenvalue weighted by atomic mass is 10.1. The molecule has 0 aliphatic rings. The first-order valence-electron chi connectivity index (χ1n) is 6.63. The standard InChI is InChI=1S/C17H22N2/c1-12-6-8-16(14(3)9-12)19(4)17-10-13(2)5-7-15(17)11-18/h5-10H,11,18H2,1-4H3. The maximum Gasteiger partial charge on any atom is 0.0456 e. The van der Waals surface area contributed by atoms with Gasteiger partial charge in [0.1, 0.15) is 0 Å². The third-order valence-electron chi connectivity index (χ3n) is 3.54.